The molecule has 4 aromatic heterocycles. The quantitative estimate of drug-likeness (QED) is 0.177. The molecule has 12 aromatic rings. The Balaban J connectivity index is 1.12. The second-order valence-corrected chi connectivity index (χ2v) is 14.8. The van der Waals surface area contributed by atoms with E-state index in [-0.39, 0.29) is 0 Å². The van der Waals surface area contributed by atoms with Crippen molar-refractivity contribution in [2.75, 3.05) is 0 Å². The van der Waals surface area contributed by atoms with E-state index < -0.39 is 0 Å². The van der Waals surface area contributed by atoms with Crippen molar-refractivity contribution in [1.82, 2.24) is 13.7 Å². The Kier molecular flexibility index (Phi) is 5.65. The van der Waals surface area contributed by atoms with Crippen molar-refractivity contribution >= 4 is 96.9 Å². The number of fused-ring (bicyclic) bond motifs is 12. The Bertz CT molecular complexity index is 3320. The van der Waals surface area contributed by atoms with Crippen LogP contribution in [0, 0.1) is 0 Å². The van der Waals surface area contributed by atoms with Gasteiger partial charge in [0.15, 0.2) is 0 Å². The lowest BCUT2D eigenvalue weighted by Gasteiger charge is -2.12. The maximum Gasteiger partial charge on any atom is 0.0640 e. The molecule has 0 amide bonds. The SMILES string of the molecule is c1cc(-n2c3ccccc3c3ccc(-n4c5ccccc5c5ccccc54)cc32)c2sc3ccc(-n4c5ccccc5c5ccccc54)cc3c2c1. The monoisotopic (exact) mass is 679 g/mol. The largest absolute Gasteiger partial charge is 0.309 e. The molecule has 242 valence electrons. The summed E-state index contributed by atoms with van der Waals surface area (Å²) in [6, 6.07) is 64.6. The molecule has 0 fully saturated rings. The molecule has 0 saturated heterocycles. The number of para-hydroxylation sites is 5. The van der Waals surface area contributed by atoms with Crippen LogP contribution in [-0.4, -0.2) is 13.7 Å². The molecule has 0 saturated carbocycles. The van der Waals surface area contributed by atoms with Crippen molar-refractivity contribution in [3.8, 4) is 17.1 Å². The van der Waals surface area contributed by atoms with Crippen LogP contribution in [0.15, 0.2) is 176 Å². The standard InChI is InChI=1S/C48H29N3S/c1-6-18-40-32(12-1)33-13-2-7-19-41(33)49(40)30-25-27-47-39(28-30)38-17-11-23-45(48(38)52-47)51-44-22-10-5-16-36(44)37-26-24-31(29-46(37)51)50-42-20-8-3-14-34(42)35-15-4-9-21-43(35)50/h1-29H. The van der Waals surface area contributed by atoms with E-state index in [9.17, 15) is 0 Å². The summed E-state index contributed by atoms with van der Waals surface area (Å²) in [6.07, 6.45) is 0. The van der Waals surface area contributed by atoms with E-state index in [2.05, 4.69) is 190 Å². The van der Waals surface area contributed by atoms with Gasteiger partial charge in [-0.25, -0.2) is 0 Å². The molecule has 0 unspecified atom stereocenters. The normalized spacial score (nSPS) is 12.2. The number of nitrogens with zero attached hydrogens (tertiary/aromatic N) is 3. The molecule has 0 radical (unpaired) electrons. The first-order chi connectivity index (χ1) is 25.8. The predicted octanol–water partition coefficient (Wildman–Crippen LogP) is 13.3. The fraction of sp³-hybridized carbons (Fsp3) is 0. The van der Waals surface area contributed by atoms with Gasteiger partial charge in [0.05, 0.1) is 43.5 Å². The minimum Gasteiger partial charge on any atom is -0.309 e. The Hall–Kier alpha value is -6.62. The molecule has 0 aliphatic rings. The molecule has 4 heterocycles. The van der Waals surface area contributed by atoms with Gasteiger partial charge >= 0.3 is 0 Å². The third-order valence-electron chi connectivity index (χ3n) is 11.0. The first kappa shape index (κ1) is 28.1. The van der Waals surface area contributed by atoms with Gasteiger partial charge in [-0.2, -0.15) is 0 Å². The molecule has 0 spiro atoms. The summed E-state index contributed by atoms with van der Waals surface area (Å²) in [5.41, 5.74) is 10.9. The van der Waals surface area contributed by atoms with Gasteiger partial charge in [-0.1, -0.05) is 109 Å². The summed E-state index contributed by atoms with van der Waals surface area (Å²) in [7, 11) is 0. The highest BCUT2D eigenvalue weighted by atomic mass is 32.1. The minimum atomic E-state index is 1.16. The summed E-state index contributed by atoms with van der Waals surface area (Å²) in [4.78, 5) is 0. The lowest BCUT2D eigenvalue weighted by atomic mass is 10.1. The summed E-state index contributed by atoms with van der Waals surface area (Å²) in [6.45, 7) is 0. The summed E-state index contributed by atoms with van der Waals surface area (Å²) in [5, 5.41) is 10.2. The van der Waals surface area contributed by atoms with E-state index in [0.717, 1.165) is 5.69 Å². The molecule has 0 bridgehead atoms. The first-order valence-electron chi connectivity index (χ1n) is 17.8. The lowest BCUT2D eigenvalue weighted by Crippen LogP contribution is -1.97. The van der Waals surface area contributed by atoms with Crippen LogP contribution in [0.4, 0.5) is 0 Å². The van der Waals surface area contributed by atoms with Crippen molar-refractivity contribution in [3.63, 3.8) is 0 Å². The minimum absolute atomic E-state index is 1.16. The zero-order valence-electron chi connectivity index (χ0n) is 28.0. The van der Waals surface area contributed by atoms with Crippen LogP contribution < -0.4 is 0 Å². The molecule has 0 aliphatic heterocycles. The van der Waals surface area contributed by atoms with Gasteiger partial charge in [0.25, 0.3) is 0 Å². The van der Waals surface area contributed by atoms with Gasteiger partial charge < -0.3 is 13.7 Å². The number of aromatic nitrogens is 3. The summed E-state index contributed by atoms with van der Waals surface area (Å²) < 4.78 is 9.91. The van der Waals surface area contributed by atoms with E-state index >= 15 is 0 Å². The van der Waals surface area contributed by atoms with Crippen LogP contribution in [-0.2, 0) is 0 Å². The van der Waals surface area contributed by atoms with Gasteiger partial charge in [-0.15, -0.1) is 11.3 Å². The number of hydrogen-bond acceptors (Lipinski definition) is 1. The lowest BCUT2D eigenvalue weighted by molar-refractivity contribution is 1.16. The molecular formula is C48H29N3S. The topological polar surface area (TPSA) is 14.8 Å². The Labute approximate surface area is 302 Å². The summed E-state index contributed by atoms with van der Waals surface area (Å²) >= 11 is 1.89. The second kappa shape index (κ2) is 10.5. The van der Waals surface area contributed by atoms with Gasteiger partial charge in [-0.3, -0.25) is 0 Å². The third kappa shape index (κ3) is 3.74. The van der Waals surface area contributed by atoms with Gasteiger partial charge in [0, 0.05) is 59.2 Å². The molecule has 12 rings (SSSR count). The van der Waals surface area contributed by atoms with E-state index in [1.165, 1.54) is 97.0 Å². The Morgan fingerprint density at radius 1 is 0.288 bits per heavy atom. The molecular weight excluding hydrogens is 651 g/mol. The third-order valence-corrected chi connectivity index (χ3v) is 12.2. The van der Waals surface area contributed by atoms with E-state index in [1.54, 1.807) is 0 Å². The van der Waals surface area contributed by atoms with Crippen LogP contribution in [0.1, 0.15) is 0 Å². The number of rotatable bonds is 3. The van der Waals surface area contributed by atoms with Crippen molar-refractivity contribution in [1.29, 1.82) is 0 Å². The van der Waals surface area contributed by atoms with Crippen LogP contribution in [0.3, 0.4) is 0 Å². The first-order valence-corrected chi connectivity index (χ1v) is 18.6. The van der Waals surface area contributed by atoms with Crippen molar-refractivity contribution in [2.24, 2.45) is 0 Å². The predicted molar refractivity (Wildman–Crippen MR) is 222 cm³/mol. The fourth-order valence-corrected chi connectivity index (χ4v) is 10.0. The molecule has 52 heavy (non-hydrogen) atoms. The van der Waals surface area contributed by atoms with E-state index in [1.807, 2.05) is 11.3 Å². The molecule has 8 aromatic carbocycles. The second-order valence-electron chi connectivity index (χ2n) is 13.7. The van der Waals surface area contributed by atoms with Crippen LogP contribution in [0.5, 0.6) is 0 Å². The maximum atomic E-state index is 2.49. The molecule has 0 aliphatic carbocycles. The van der Waals surface area contributed by atoms with Gasteiger partial charge in [0.1, 0.15) is 0 Å². The highest BCUT2D eigenvalue weighted by Crippen LogP contribution is 2.43. The van der Waals surface area contributed by atoms with Crippen LogP contribution >= 0.6 is 11.3 Å². The van der Waals surface area contributed by atoms with Crippen molar-refractivity contribution in [2.45, 2.75) is 0 Å². The molecule has 0 atom stereocenters. The summed E-state index contributed by atoms with van der Waals surface area (Å²) in [5.74, 6) is 0. The van der Waals surface area contributed by atoms with E-state index in [4.69, 9.17) is 0 Å². The van der Waals surface area contributed by atoms with Crippen molar-refractivity contribution < 1.29 is 0 Å². The maximum absolute atomic E-state index is 2.49. The van der Waals surface area contributed by atoms with Crippen LogP contribution in [0.2, 0.25) is 0 Å². The zero-order valence-corrected chi connectivity index (χ0v) is 28.8. The van der Waals surface area contributed by atoms with Gasteiger partial charge in [0.2, 0.25) is 0 Å². The molecule has 4 heteroatoms. The number of thiophene rings is 1. The fourth-order valence-electron chi connectivity index (χ4n) is 8.85. The van der Waals surface area contributed by atoms with E-state index in [0.29, 0.717) is 0 Å². The molecule has 3 nitrogen and oxygen atoms in total. The highest BCUT2D eigenvalue weighted by Gasteiger charge is 2.19. The average Bonchev–Trinajstić information content (AvgIpc) is 3.94. The van der Waals surface area contributed by atoms with Crippen molar-refractivity contribution in [3.05, 3.63) is 176 Å². The van der Waals surface area contributed by atoms with Gasteiger partial charge in [-0.05, 0) is 66.7 Å². The Morgan fingerprint density at radius 2 is 0.712 bits per heavy atom. The number of benzene rings is 8. The zero-order chi connectivity index (χ0) is 33.9. The van der Waals surface area contributed by atoms with Crippen LogP contribution in [0.25, 0.3) is 103 Å². The highest BCUT2D eigenvalue weighted by molar-refractivity contribution is 7.26. The number of hydrogen-bond donors (Lipinski definition) is 0. The smallest absolute Gasteiger partial charge is 0.0640 e. The average molecular weight is 680 g/mol. The molecule has 0 N–H and O–H groups in total. The Morgan fingerprint density at radius 3 is 1.25 bits per heavy atom.